The third kappa shape index (κ3) is 3.36. The monoisotopic (exact) mass is 243 g/mol. The molecule has 17 heavy (non-hydrogen) atoms. The van der Waals surface area contributed by atoms with Crippen molar-refractivity contribution in [3.63, 3.8) is 0 Å². The zero-order valence-corrected chi connectivity index (χ0v) is 10.2. The first-order chi connectivity index (χ1) is 8.25. The number of nitrogens with one attached hydrogen (secondary N) is 1. The molecule has 0 amide bonds. The van der Waals surface area contributed by atoms with Crippen molar-refractivity contribution in [2.45, 2.75) is 0 Å². The maximum Gasteiger partial charge on any atom is 0.0501 e. The van der Waals surface area contributed by atoms with Crippen molar-refractivity contribution in [1.82, 2.24) is 0 Å². The molecule has 2 heteroatoms. The van der Waals surface area contributed by atoms with Gasteiger partial charge >= 0.3 is 0 Å². The molecule has 0 aliphatic heterocycles. The van der Waals surface area contributed by atoms with Crippen LogP contribution >= 0.6 is 11.6 Å². The molecule has 2 aromatic rings. The van der Waals surface area contributed by atoms with Gasteiger partial charge in [0.15, 0.2) is 0 Å². The Kier molecular flexibility index (Phi) is 3.84. The van der Waals surface area contributed by atoms with E-state index in [0.29, 0.717) is 11.6 Å². The van der Waals surface area contributed by atoms with Crippen molar-refractivity contribution < 1.29 is 0 Å². The minimum atomic E-state index is 0.590. The van der Waals surface area contributed by atoms with Crippen LogP contribution in [0, 0.1) is 0 Å². The van der Waals surface area contributed by atoms with Crippen LogP contribution in [0.15, 0.2) is 66.2 Å². The Morgan fingerprint density at radius 3 is 2.12 bits per heavy atom. The predicted octanol–water partition coefficient (Wildman–Crippen LogP) is 4.52. The lowest BCUT2D eigenvalue weighted by molar-refractivity contribution is 1.32. The lowest BCUT2D eigenvalue weighted by Gasteiger charge is -2.06. The van der Waals surface area contributed by atoms with E-state index in [1.807, 2.05) is 30.3 Å². The van der Waals surface area contributed by atoms with E-state index in [4.69, 9.17) is 11.6 Å². The Hall–Kier alpha value is -1.73. The third-order valence-electron chi connectivity index (χ3n) is 2.48. The lowest BCUT2D eigenvalue weighted by Crippen LogP contribution is -2.00. The van der Waals surface area contributed by atoms with Gasteiger partial charge in [-0.05, 0) is 23.3 Å². The van der Waals surface area contributed by atoms with Crippen LogP contribution in [0.3, 0.4) is 0 Å². The van der Waals surface area contributed by atoms with E-state index in [1.54, 1.807) is 0 Å². The number of hydrogen-bond acceptors (Lipinski definition) is 1. The number of benzene rings is 2. The van der Waals surface area contributed by atoms with Crippen molar-refractivity contribution >= 4 is 17.3 Å². The molecular weight excluding hydrogens is 230 g/mol. The molecule has 0 aliphatic rings. The zero-order valence-electron chi connectivity index (χ0n) is 9.49. The van der Waals surface area contributed by atoms with Gasteiger partial charge < -0.3 is 5.32 Å². The van der Waals surface area contributed by atoms with Crippen LogP contribution < -0.4 is 5.32 Å². The normalized spacial score (nSPS) is 9.94. The molecular formula is C15H14ClN. The van der Waals surface area contributed by atoms with Gasteiger partial charge in [0.25, 0.3) is 0 Å². The van der Waals surface area contributed by atoms with Crippen LogP contribution in [-0.2, 0) is 0 Å². The Balaban J connectivity index is 2.11. The molecule has 0 aromatic heterocycles. The second-order valence-corrected chi connectivity index (χ2v) is 4.35. The highest BCUT2D eigenvalue weighted by Gasteiger charge is 1.97. The Morgan fingerprint density at radius 1 is 0.941 bits per heavy atom. The Bertz CT molecular complexity index is 488. The molecule has 0 radical (unpaired) electrons. The maximum absolute atomic E-state index is 5.70. The molecule has 0 atom stereocenters. The van der Waals surface area contributed by atoms with Gasteiger partial charge in [0, 0.05) is 10.7 Å². The average molecular weight is 244 g/mol. The summed E-state index contributed by atoms with van der Waals surface area (Å²) >= 11 is 5.70. The van der Waals surface area contributed by atoms with E-state index in [-0.39, 0.29) is 0 Å². The van der Waals surface area contributed by atoms with Crippen molar-refractivity contribution in [1.29, 1.82) is 0 Å². The number of hydrogen-bond donors (Lipinski definition) is 1. The van der Waals surface area contributed by atoms with Gasteiger partial charge in [-0.1, -0.05) is 60.6 Å². The molecule has 1 nitrogen and oxygen atoms in total. The number of rotatable bonds is 4. The molecule has 0 saturated heterocycles. The molecule has 0 heterocycles. The summed E-state index contributed by atoms with van der Waals surface area (Å²) in [5, 5.41) is 3.80. The second kappa shape index (κ2) is 5.55. The van der Waals surface area contributed by atoms with Crippen LogP contribution in [-0.4, -0.2) is 6.54 Å². The van der Waals surface area contributed by atoms with Crippen molar-refractivity contribution in [3.8, 4) is 11.1 Å². The summed E-state index contributed by atoms with van der Waals surface area (Å²) in [7, 11) is 0. The van der Waals surface area contributed by atoms with E-state index in [1.165, 1.54) is 11.1 Å². The first-order valence-corrected chi connectivity index (χ1v) is 5.86. The van der Waals surface area contributed by atoms with Gasteiger partial charge in [-0.25, -0.2) is 0 Å². The number of halogens is 1. The minimum Gasteiger partial charge on any atom is -0.380 e. The zero-order chi connectivity index (χ0) is 12.1. The van der Waals surface area contributed by atoms with E-state index >= 15 is 0 Å². The number of anilines is 1. The van der Waals surface area contributed by atoms with Gasteiger partial charge in [-0.3, -0.25) is 0 Å². The van der Waals surface area contributed by atoms with Gasteiger partial charge in [0.1, 0.15) is 0 Å². The summed E-state index contributed by atoms with van der Waals surface area (Å²) in [5.74, 6) is 0. The lowest BCUT2D eigenvalue weighted by atomic mass is 10.1. The molecule has 0 bridgehead atoms. The van der Waals surface area contributed by atoms with Crippen LogP contribution in [0.5, 0.6) is 0 Å². The first kappa shape index (κ1) is 11.7. The van der Waals surface area contributed by atoms with E-state index in [0.717, 1.165) is 5.69 Å². The molecule has 0 aliphatic carbocycles. The molecule has 2 aromatic carbocycles. The fraction of sp³-hybridized carbons (Fsp3) is 0.0667. The summed E-state index contributed by atoms with van der Waals surface area (Å²) < 4.78 is 0. The summed E-state index contributed by atoms with van der Waals surface area (Å²) in [4.78, 5) is 0. The quantitative estimate of drug-likeness (QED) is 0.833. The third-order valence-corrected chi connectivity index (χ3v) is 2.61. The largest absolute Gasteiger partial charge is 0.380 e. The van der Waals surface area contributed by atoms with Gasteiger partial charge in [-0.15, -0.1) is 0 Å². The van der Waals surface area contributed by atoms with Crippen LogP contribution in [0.4, 0.5) is 5.69 Å². The minimum absolute atomic E-state index is 0.590. The van der Waals surface area contributed by atoms with Crippen molar-refractivity contribution in [2.24, 2.45) is 0 Å². The fourth-order valence-electron chi connectivity index (χ4n) is 1.61. The highest BCUT2D eigenvalue weighted by atomic mass is 35.5. The molecule has 0 fully saturated rings. The Morgan fingerprint density at radius 2 is 1.53 bits per heavy atom. The van der Waals surface area contributed by atoms with Crippen LogP contribution in [0.1, 0.15) is 0 Å². The Labute approximate surface area is 107 Å². The molecule has 1 N–H and O–H groups in total. The SMILES string of the molecule is C=C(Cl)CNc1ccc(-c2ccccc2)cc1. The van der Waals surface area contributed by atoms with Crippen molar-refractivity contribution in [3.05, 3.63) is 66.2 Å². The maximum atomic E-state index is 5.70. The molecule has 0 spiro atoms. The van der Waals surface area contributed by atoms with E-state index < -0.39 is 0 Å². The van der Waals surface area contributed by atoms with Gasteiger partial charge in [0.05, 0.1) is 6.54 Å². The van der Waals surface area contributed by atoms with E-state index in [9.17, 15) is 0 Å². The summed E-state index contributed by atoms with van der Waals surface area (Å²) in [6.07, 6.45) is 0. The highest BCUT2D eigenvalue weighted by molar-refractivity contribution is 6.29. The molecule has 2 rings (SSSR count). The van der Waals surface area contributed by atoms with Crippen LogP contribution in [0.2, 0.25) is 0 Å². The van der Waals surface area contributed by atoms with Crippen LogP contribution in [0.25, 0.3) is 11.1 Å². The van der Waals surface area contributed by atoms with E-state index in [2.05, 4.69) is 36.2 Å². The second-order valence-electron chi connectivity index (χ2n) is 3.81. The summed E-state index contributed by atoms with van der Waals surface area (Å²) in [6.45, 7) is 4.23. The molecule has 0 unspecified atom stereocenters. The van der Waals surface area contributed by atoms with Gasteiger partial charge in [-0.2, -0.15) is 0 Å². The fourth-order valence-corrected chi connectivity index (χ4v) is 1.68. The molecule has 86 valence electrons. The summed E-state index contributed by atoms with van der Waals surface area (Å²) in [6, 6.07) is 18.6. The first-order valence-electron chi connectivity index (χ1n) is 5.48. The predicted molar refractivity (Wildman–Crippen MR) is 75.4 cm³/mol. The smallest absolute Gasteiger partial charge is 0.0501 e. The van der Waals surface area contributed by atoms with Gasteiger partial charge in [0.2, 0.25) is 0 Å². The average Bonchev–Trinajstić information content (AvgIpc) is 2.38. The topological polar surface area (TPSA) is 12.0 Å². The summed E-state index contributed by atoms with van der Waals surface area (Å²) in [5.41, 5.74) is 3.48. The standard InChI is InChI=1S/C15H14ClN/c1-12(16)11-17-15-9-7-14(8-10-15)13-5-3-2-4-6-13/h2-10,17H,1,11H2. The molecule has 0 saturated carbocycles. The highest BCUT2D eigenvalue weighted by Crippen LogP contribution is 2.21. The van der Waals surface area contributed by atoms with Crippen molar-refractivity contribution in [2.75, 3.05) is 11.9 Å².